The van der Waals surface area contributed by atoms with Crippen LogP contribution >= 0.6 is 11.8 Å². The molecule has 0 aliphatic heterocycles. The molecule has 25 heavy (non-hydrogen) atoms. The molecule has 0 saturated heterocycles. The second kappa shape index (κ2) is 8.15. The number of benzene rings is 1. The summed E-state index contributed by atoms with van der Waals surface area (Å²) in [4.78, 5) is 12.8. The van der Waals surface area contributed by atoms with Crippen LogP contribution in [0.3, 0.4) is 0 Å². The zero-order valence-corrected chi connectivity index (χ0v) is 14.5. The molecule has 0 spiro atoms. The van der Waals surface area contributed by atoms with E-state index in [1.54, 1.807) is 30.4 Å². The van der Waals surface area contributed by atoms with Gasteiger partial charge in [-0.15, -0.1) is 0 Å². The average Bonchev–Trinajstić information content (AvgIpc) is 3.02. The van der Waals surface area contributed by atoms with E-state index in [4.69, 9.17) is 0 Å². The topological polar surface area (TPSA) is 56.5 Å². The van der Waals surface area contributed by atoms with Gasteiger partial charge in [0, 0.05) is 43.3 Å². The zero-order chi connectivity index (χ0) is 17.6. The second-order valence-electron chi connectivity index (χ2n) is 5.39. The molecule has 5 nitrogen and oxygen atoms in total. The molecular formula is C17H17F2N5S. The molecule has 0 N–H and O–H groups in total. The summed E-state index contributed by atoms with van der Waals surface area (Å²) >= 11 is 1.69. The highest BCUT2D eigenvalue weighted by molar-refractivity contribution is 7.98. The van der Waals surface area contributed by atoms with E-state index in [0.717, 1.165) is 17.5 Å². The maximum absolute atomic E-state index is 14.2. The van der Waals surface area contributed by atoms with Gasteiger partial charge < -0.3 is 0 Å². The molecule has 0 saturated carbocycles. The lowest BCUT2D eigenvalue weighted by Crippen LogP contribution is -2.07. The van der Waals surface area contributed by atoms with Crippen LogP contribution in [-0.2, 0) is 19.3 Å². The van der Waals surface area contributed by atoms with Crippen molar-refractivity contribution < 1.29 is 8.78 Å². The third-order valence-corrected chi connectivity index (χ3v) is 4.22. The number of halogens is 2. The fourth-order valence-corrected chi connectivity index (χ4v) is 2.78. The van der Waals surface area contributed by atoms with E-state index in [0.29, 0.717) is 30.9 Å². The number of aromatic nitrogens is 5. The molecule has 1 aromatic carbocycles. The summed E-state index contributed by atoms with van der Waals surface area (Å²) < 4.78 is 28.8. The van der Waals surface area contributed by atoms with E-state index in [-0.39, 0.29) is 5.69 Å². The van der Waals surface area contributed by atoms with Gasteiger partial charge in [-0.3, -0.25) is 9.97 Å². The summed E-state index contributed by atoms with van der Waals surface area (Å²) in [7, 11) is 0. The first-order chi connectivity index (χ1) is 12.2. The van der Waals surface area contributed by atoms with Crippen molar-refractivity contribution in [3.05, 3.63) is 65.8 Å². The number of thioether (sulfide) groups is 1. The van der Waals surface area contributed by atoms with E-state index in [9.17, 15) is 8.78 Å². The van der Waals surface area contributed by atoms with Crippen molar-refractivity contribution in [2.24, 2.45) is 0 Å². The Morgan fingerprint density at radius 1 is 1.12 bits per heavy atom. The molecule has 0 aliphatic carbocycles. The van der Waals surface area contributed by atoms with Crippen LogP contribution in [0.2, 0.25) is 0 Å². The summed E-state index contributed by atoms with van der Waals surface area (Å²) in [5.74, 6) is 0.853. The molecule has 0 atom stereocenters. The Morgan fingerprint density at radius 3 is 2.72 bits per heavy atom. The van der Waals surface area contributed by atoms with Gasteiger partial charge in [0.15, 0.2) is 11.6 Å². The molecule has 0 radical (unpaired) electrons. The van der Waals surface area contributed by atoms with Gasteiger partial charge in [0.05, 0.1) is 5.69 Å². The number of nitrogens with zero attached hydrogens (tertiary/aromatic N) is 5. The van der Waals surface area contributed by atoms with E-state index in [1.165, 1.54) is 16.8 Å². The highest BCUT2D eigenvalue weighted by atomic mass is 32.2. The Balaban J connectivity index is 1.90. The van der Waals surface area contributed by atoms with Gasteiger partial charge in [0.2, 0.25) is 0 Å². The minimum Gasteiger partial charge on any atom is -0.261 e. The predicted molar refractivity (Wildman–Crippen MR) is 92.8 cm³/mol. The Hall–Kier alpha value is -2.35. The number of hydrogen-bond acceptors (Lipinski definition) is 5. The van der Waals surface area contributed by atoms with Crippen LogP contribution in [0.5, 0.6) is 0 Å². The first-order valence-corrected chi connectivity index (χ1v) is 9.21. The van der Waals surface area contributed by atoms with Crippen LogP contribution in [0.15, 0.2) is 36.8 Å². The molecule has 0 unspecified atom stereocenters. The molecule has 2 heterocycles. The lowest BCUT2D eigenvalue weighted by molar-refractivity contribution is 0.570. The third kappa shape index (κ3) is 4.39. The Kier molecular flexibility index (Phi) is 5.70. The van der Waals surface area contributed by atoms with Gasteiger partial charge >= 0.3 is 0 Å². The summed E-state index contributed by atoms with van der Waals surface area (Å²) in [5, 5.41) is 4.41. The van der Waals surface area contributed by atoms with Crippen LogP contribution in [0.25, 0.3) is 5.69 Å². The van der Waals surface area contributed by atoms with Gasteiger partial charge in [-0.2, -0.15) is 16.9 Å². The average molecular weight is 361 g/mol. The van der Waals surface area contributed by atoms with Gasteiger partial charge in [0.25, 0.3) is 0 Å². The molecule has 2 aromatic heterocycles. The molecule has 3 rings (SSSR count). The maximum atomic E-state index is 14.2. The normalized spacial score (nSPS) is 11.0. The Morgan fingerprint density at radius 2 is 2.00 bits per heavy atom. The molecule has 0 aliphatic rings. The largest absolute Gasteiger partial charge is 0.261 e. The lowest BCUT2D eigenvalue weighted by atomic mass is 10.2. The zero-order valence-electron chi connectivity index (χ0n) is 13.7. The van der Waals surface area contributed by atoms with Crippen LogP contribution in [-0.4, -0.2) is 36.7 Å². The van der Waals surface area contributed by atoms with Crippen molar-refractivity contribution in [2.75, 3.05) is 12.0 Å². The molecule has 0 fully saturated rings. The van der Waals surface area contributed by atoms with Crippen molar-refractivity contribution >= 4 is 11.8 Å². The first kappa shape index (κ1) is 17.5. The van der Waals surface area contributed by atoms with Gasteiger partial charge in [-0.25, -0.2) is 18.4 Å². The number of rotatable bonds is 7. The summed E-state index contributed by atoms with van der Waals surface area (Å²) in [6.45, 7) is 0. The van der Waals surface area contributed by atoms with Crippen LogP contribution < -0.4 is 0 Å². The van der Waals surface area contributed by atoms with Crippen molar-refractivity contribution in [2.45, 2.75) is 19.3 Å². The number of hydrogen-bond donors (Lipinski definition) is 0. The van der Waals surface area contributed by atoms with Crippen LogP contribution in [0.4, 0.5) is 8.78 Å². The van der Waals surface area contributed by atoms with Gasteiger partial charge in [-0.05, 0) is 24.8 Å². The quantitative estimate of drug-likeness (QED) is 0.647. The minimum absolute atomic E-state index is 0.193. The molecule has 130 valence electrons. The van der Waals surface area contributed by atoms with E-state index < -0.39 is 11.6 Å². The summed E-state index contributed by atoms with van der Waals surface area (Å²) in [5.41, 5.74) is 1.01. The monoisotopic (exact) mass is 361 g/mol. The molecule has 8 heteroatoms. The van der Waals surface area contributed by atoms with Crippen LogP contribution in [0.1, 0.15) is 17.3 Å². The van der Waals surface area contributed by atoms with Crippen molar-refractivity contribution in [3.63, 3.8) is 0 Å². The van der Waals surface area contributed by atoms with Crippen molar-refractivity contribution in [1.29, 1.82) is 0 Å². The smallest absolute Gasteiger partial charge is 0.152 e. The summed E-state index contributed by atoms with van der Waals surface area (Å²) in [6.07, 6.45) is 8.76. The Bertz CT molecular complexity index is 838. The highest BCUT2D eigenvalue weighted by Crippen LogP contribution is 2.17. The van der Waals surface area contributed by atoms with E-state index in [2.05, 4.69) is 20.1 Å². The molecular weight excluding hydrogens is 344 g/mol. The Labute approximate surface area is 148 Å². The number of aryl methyl sites for hydroxylation is 3. The minimum atomic E-state index is -0.665. The van der Waals surface area contributed by atoms with Crippen molar-refractivity contribution in [1.82, 2.24) is 24.7 Å². The maximum Gasteiger partial charge on any atom is 0.152 e. The highest BCUT2D eigenvalue weighted by Gasteiger charge is 2.15. The van der Waals surface area contributed by atoms with Gasteiger partial charge in [-0.1, -0.05) is 0 Å². The fourth-order valence-electron chi connectivity index (χ4n) is 2.40. The fraction of sp³-hybridized carbons (Fsp3) is 0.294. The van der Waals surface area contributed by atoms with E-state index >= 15 is 0 Å². The second-order valence-corrected chi connectivity index (χ2v) is 6.38. The summed E-state index contributed by atoms with van der Waals surface area (Å²) in [6, 6.07) is 3.45. The first-order valence-electron chi connectivity index (χ1n) is 7.81. The molecule has 0 bridgehead atoms. The third-order valence-electron chi connectivity index (χ3n) is 3.61. The molecule has 0 amide bonds. The van der Waals surface area contributed by atoms with Crippen molar-refractivity contribution in [3.8, 4) is 5.69 Å². The van der Waals surface area contributed by atoms with E-state index in [1.807, 2.05) is 6.26 Å². The predicted octanol–water partition coefficient (Wildman–Crippen LogP) is 3.03. The van der Waals surface area contributed by atoms with Gasteiger partial charge in [0.1, 0.15) is 17.3 Å². The van der Waals surface area contributed by atoms with Crippen LogP contribution in [0, 0.1) is 11.6 Å². The standard InChI is InChI=1S/C17H17F2N5S/c1-25-9-6-16-22-17(5-3-13-11-20-7-8-21-13)24(23-16)15-4-2-12(18)10-14(15)19/h2,4,7-8,10-11H,3,5-6,9H2,1H3. The lowest BCUT2D eigenvalue weighted by Gasteiger charge is -2.07. The molecule has 3 aromatic rings. The SMILES string of the molecule is CSCCc1nc(CCc2cnccn2)n(-c2ccc(F)cc2F)n1.